The van der Waals surface area contributed by atoms with Crippen LogP contribution in [0.25, 0.3) is 0 Å². The molecule has 0 radical (unpaired) electrons. The molecule has 5 heteroatoms. The van der Waals surface area contributed by atoms with Crippen molar-refractivity contribution in [3.63, 3.8) is 0 Å². The van der Waals surface area contributed by atoms with E-state index in [2.05, 4.69) is 27.3 Å². The van der Waals surface area contributed by atoms with Crippen LogP contribution in [0, 0.1) is 14.8 Å². The fourth-order valence-electron chi connectivity index (χ4n) is 1.53. The molecule has 0 saturated heterocycles. The summed E-state index contributed by atoms with van der Waals surface area (Å²) in [7, 11) is 1.29. The standard InChI is InChI=1S/C12H15FINO2/c1-12(2,11(16)17-3)10(15)8-6-7(14)4-5-9(8)13/h4-6,10H,15H2,1-3H3/t10-/m0/s1. The molecule has 0 aliphatic carbocycles. The highest BCUT2D eigenvalue weighted by molar-refractivity contribution is 14.1. The number of methoxy groups -OCH3 is 1. The van der Waals surface area contributed by atoms with Crippen LogP contribution in [0.3, 0.4) is 0 Å². The second-order valence-corrected chi connectivity index (χ2v) is 5.60. The van der Waals surface area contributed by atoms with E-state index in [1.807, 2.05) is 0 Å². The highest BCUT2D eigenvalue weighted by atomic mass is 127. The van der Waals surface area contributed by atoms with E-state index in [0.29, 0.717) is 5.56 Å². The van der Waals surface area contributed by atoms with E-state index in [9.17, 15) is 9.18 Å². The maximum atomic E-state index is 13.7. The van der Waals surface area contributed by atoms with Gasteiger partial charge < -0.3 is 10.5 Å². The third kappa shape index (κ3) is 2.95. The van der Waals surface area contributed by atoms with Crippen LogP contribution in [0.5, 0.6) is 0 Å². The number of nitrogens with two attached hydrogens (primary N) is 1. The van der Waals surface area contributed by atoms with Crippen LogP contribution in [0.4, 0.5) is 4.39 Å². The summed E-state index contributed by atoms with van der Waals surface area (Å²) in [5.41, 5.74) is 5.33. The van der Waals surface area contributed by atoms with Crippen molar-refractivity contribution >= 4 is 28.6 Å². The van der Waals surface area contributed by atoms with Gasteiger partial charge in [0.05, 0.1) is 12.5 Å². The number of hydrogen-bond donors (Lipinski definition) is 1. The van der Waals surface area contributed by atoms with Gasteiger partial charge in [-0.05, 0) is 54.6 Å². The molecule has 1 aromatic carbocycles. The molecule has 0 aliphatic rings. The van der Waals surface area contributed by atoms with Gasteiger partial charge in [-0.3, -0.25) is 4.79 Å². The predicted molar refractivity (Wildman–Crippen MR) is 71.8 cm³/mol. The summed E-state index contributed by atoms with van der Waals surface area (Å²) in [5.74, 6) is -0.863. The Balaban J connectivity index is 3.15. The van der Waals surface area contributed by atoms with Crippen LogP contribution < -0.4 is 5.73 Å². The van der Waals surface area contributed by atoms with E-state index < -0.39 is 23.2 Å². The van der Waals surface area contributed by atoms with Gasteiger partial charge >= 0.3 is 5.97 Å². The Morgan fingerprint density at radius 3 is 2.65 bits per heavy atom. The third-order valence-electron chi connectivity index (χ3n) is 2.78. The molecule has 0 unspecified atom stereocenters. The summed E-state index contributed by atoms with van der Waals surface area (Å²) in [5, 5.41) is 0. The minimum absolute atomic E-state index is 0.326. The highest BCUT2D eigenvalue weighted by Crippen LogP contribution is 2.34. The Hall–Kier alpha value is -0.690. The third-order valence-corrected chi connectivity index (χ3v) is 3.45. The van der Waals surface area contributed by atoms with Gasteiger partial charge in [-0.2, -0.15) is 0 Å². The van der Waals surface area contributed by atoms with Crippen molar-refractivity contribution in [3.05, 3.63) is 33.1 Å². The number of benzene rings is 1. The van der Waals surface area contributed by atoms with E-state index in [1.54, 1.807) is 26.0 Å². The number of hydrogen-bond acceptors (Lipinski definition) is 3. The van der Waals surface area contributed by atoms with E-state index >= 15 is 0 Å². The van der Waals surface area contributed by atoms with Gasteiger partial charge in [-0.25, -0.2) is 4.39 Å². The summed E-state index contributed by atoms with van der Waals surface area (Å²) in [6.45, 7) is 3.28. The minimum atomic E-state index is -0.972. The fourth-order valence-corrected chi connectivity index (χ4v) is 2.05. The van der Waals surface area contributed by atoms with E-state index in [-0.39, 0.29) is 0 Å². The zero-order valence-corrected chi connectivity index (χ0v) is 12.1. The first-order chi connectivity index (χ1) is 7.80. The average Bonchev–Trinajstić information content (AvgIpc) is 2.30. The van der Waals surface area contributed by atoms with Gasteiger partial charge in [0, 0.05) is 15.2 Å². The number of halogens is 2. The molecule has 0 bridgehead atoms. The van der Waals surface area contributed by atoms with Gasteiger partial charge in [0.25, 0.3) is 0 Å². The first kappa shape index (κ1) is 14.4. The molecule has 0 heterocycles. The topological polar surface area (TPSA) is 52.3 Å². The summed E-state index contributed by atoms with van der Waals surface area (Å²) < 4.78 is 19.2. The van der Waals surface area contributed by atoms with E-state index in [0.717, 1.165) is 3.57 Å². The number of rotatable bonds is 3. The van der Waals surface area contributed by atoms with Gasteiger partial charge in [-0.1, -0.05) is 0 Å². The molecule has 0 aliphatic heterocycles. The lowest BCUT2D eigenvalue weighted by Gasteiger charge is -2.29. The van der Waals surface area contributed by atoms with Crippen molar-refractivity contribution in [2.45, 2.75) is 19.9 Å². The first-order valence-corrected chi connectivity index (χ1v) is 6.17. The lowest BCUT2D eigenvalue weighted by atomic mass is 9.81. The lowest BCUT2D eigenvalue weighted by Crippen LogP contribution is -2.37. The van der Waals surface area contributed by atoms with Gasteiger partial charge in [0.15, 0.2) is 0 Å². The molecule has 0 saturated carbocycles. The Labute approximate surface area is 114 Å². The average molecular weight is 351 g/mol. The molecule has 0 amide bonds. The maximum absolute atomic E-state index is 13.7. The Morgan fingerprint density at radius 1 is 1.53 bits per heavy atom. The molecule has 17 heavy (non-hydrogen) atoms. The van der Waals surface area contributed by atoms with E-state index in [1.165, 1.54) is 13.2 Å². The molecule has 1 rings (SSSR count). The number of ether oxygens (including phenoxy) is 1. The quantitative estimate of drug-likeness (QED) is 0.673. The van der Waals surface area contributed by atoms with Crippen molar-refractivity contribution in [1.82, 2.24) is 0 Å². The first-order valence-electron chi connectivity index (χ1n) is 5.09. The largest absolute Gasteiger partial charge is 0.469 e. The van der Waals surface area contributed by atoms with Crippen LogP contribution in [-0.4, -0.2) is 13.1 Å². The predicted octanol–water partition coefficient (Wildman–Crippen LogP) is 2.63. The monoisotopic (exact) mass is 351 g/mol. The Kier molecular flexibility index (Phi) is 4.48. The molecule has 1 aromatic rings. The smallest absolute Gasteiger partial charge is 0.313 e. The second kappa shape index (κ2) is 5.30. The SMILES string of the molecule is COC(=O)C(C)(C)[C@@H](N)c1cc(I)ccc1F. The van der Waals surface area contributed by atoms with Gasteiger partial charge in [0.2, 0.25) is 0 Å². The van der Waals surface area contributed by atoms with Crippen molar-refractivity contribution in [2.24, 2.45) is 11.1 Å². The minimum Gasteiger partial charge on any atom is -0.469 e. The molecule has 0 aromatic heterocycles. The zero-order chi connectivity index (χ0) is 13.2. The maximum Gasteiger partial charge on any atom is 0.313 e. The molecule has 94 valence electrons. The van der Waals surface area contributed by atoms with Crippen molar-refractivity contribution in [2.75, 3.05) is 7.11 Å². The molecule has 0 spiro atoms. The highest BCUT2D eigenvalue weighted by Gasteiger charge is 2.37. The summed E-state index contributed by atoms with van der Waals surface area (Å²) in [4.78, 5) is 11.6. The van der Waals surface area contributed by atoms with Crippen LogP contribution in [0.2, 0.25) is 0 Å². The zero-order valence-electron chi connectivity index (χ0n) is 9.96. The molecular formula is C12H15FINO2. The van der Waals surface area contributed by atoms with Crippen LogP contribution in [0.15, 0.2) is 18.2 Å². The van der Waals surface area contributed by atoms with Crippen molar-refractivity contribution < 1.29 is 13.9 Å². The van der Waals surface area contributed by atoms with Crippen molar-refractivity contribution in [3.8, 4) is 0 Å². The summed E-state index contributed by atoms with van der Waals surface area (Å²) in [6.07, 6.45) is 0. The van der Waals surface area contributed by atoms with Crippen LogP contribution >= 0.6 is 22.6 Å². The Bertz CT molecular complexity index is 435. The molecule has 0 fully saturated rings. The molecule has 3 nitrogen and oxygen atoms in total. The normalized spacial score (nSPS) is 13.3. The molecule has 2 N–H and O–H groups in total. The van der Waals surface area contributed by atoms with Crippen LogP contribution in [0.1, 0.15) is 25.5 Å². The number of carbonyl (C=O) groups excluding carboxylic acids is 1. The van der Waals surface area contributed by atoms with Crippen LogP contribution in [-0.2, 0) is 9.53 Å². The lowest BCUT2D eigenvalue weighted by molar-refractivity contribution is -0.152. The summed E-state index contributed by atoms with van der Waals surface area (Å²) in [6, 6.07) is 3.90. The second-order valence-electron chi connectivity index (χ2n) is 4.36. The van der Waals surface area contributed by atoms with E-state index in [4.69, 9.17) is 5.73 Å². The number of esters is 1. The summed E-state index contributed by atoms with van der Waals surface area (Å²) >= 11 is 2.07. The van der Waals surface area contributed by atoms with Crippen molar-refractivity contribution in [1.29, 1.82) is 0 Å². The number of carbonyl (C=O) groups is 1. The Morgan fingerprint density at radius 2 is 2.12 bits per heavy atom. The molecular weight excluding hydrogens is 336 g/mol. The fraction of sp³-hybridized carbons (Fsp3) is 0.417. The van der Waals surface area contributed by atoms with Gasteiger partial charge in [-0.15, -0.1) is 0 Å². The van der Waals surface area contributed by atoms with Gasteiger partial charge in [0.1, 0.15) is 5.82 Å². The molecule has 1 atom stereocenters.